The number of unbranched alkanes of at least 4 members (excludes halogenated alkanes) is 3. The largest absolute Gasteiger partial charge is 0.496 e. The maximum Gasteiger partial charge on any atom is 0.255 e. The molecule has 0 aromatic heterocycles. The van der Waals surface area contributed by atoms with E-state index in [-0.39, 0.29) is 11.8 Å². The average molecular weight is 453 g/mol. The Morgan fingerprint density at radius 2 is 1.13 bits per heavy atom. The highest BCUT2D eigenvalue weighted by atomic mass is 35.5. The maximum atomic E-state index is 12.3. The van der Waals surface area contributed by atoms with Crippen molar-refractivity contribution in [2.45, 2.75) is 25.7 Å². The number of hydrogen-bond donors (Lipinski definition) is 2. The summed E-state index contributed by atoms with van der Waals surface area (Å²) in [5.41, 5.74) is 0.841. The van der Waals surface area contributed by atoms with Gasteiger partial charge >= 0.3 is 0 Å². The van der Waals surface area contributed by atoms with Crippen molar-refractivity contribution < 1.29 is 19.1 Å². The monoisotopic (exact) mass is 452 g/mol. The molecule has 0 spiro atoms. The number of amides is 2. The second-order valence-electron chi connectivity index (χ2n) is 6.62. The van der Waals surface area contributed by atoms with Crippen LogP contribution in [0.2, 0.25) is 10.0 Å². The maximum absolute atomic E-state index is 12.3. The zero-order valence-corrected chi connectivity index (χ0v) is 18.6. The standard InChI is InChI=1S/C22H26Cl2N2O4/c1-29-19-9-7-15(23)13-17(19)21(27)25-11-5-3-4-6-12-26-22(28)18-14-16(24)8-10-20(18)30-2/h7-10,13-14H,3-6,11-12H2,1-2H3,(H,25,27)(H,26,28). The molecular formula is C22H26Cl2N2O4. The van der Waals surface area contributed by atoms with Gasteiger partial charge in [-0.3, -0.25) is 9.59 Å². The average Bonchev–Trinajstić information content (AvgIpc) is 2.75. The van der Waals surface area contributed by atoms with Gasteiger partial charge in [-0.1, -0.05) is 36.0 Å². The highest BCUT2D eigenvalue weighted by Gasteiger charge is 2.13. The molecule has 0 atom stereocenters. The van der Waals surface area contributed by atoms with Crippen LogP contribution in [0.1, 0.15) is 46.4 Å². The molecule has 0 saturated heterocycles. The first-order valence-electron chi connectivity index (χ1n) is 9.69. The lowest BCUT2D eigenvalue weighted by molar-refractivity contribution is 0.0940. The summed E-state index contributed by atoms with van der Waals surface area (Å²) in [5, 5.41) is 6.72. The third-order valence-corrected chi connectivity index (χ3v) is 4.96. The molecule has 0 radical (unpaired) electrons. The molecule has 0 bridgehead atoms. The van der Waals surface area contributed by atoms with E-state index in [0.29, 0.717) is 45.8 Å². The first-order valence-corrected chi connectivity index (χ1v) is 10.5. The van der Waals surface area contributed by atoms with Crippen LogP contribution < -0.4 is 20.1 Å². The lowest BCUT2D eigenvalue weighted by atomic mass is 10.1. The molecule has 2 N–H and O–H groups in total. The van der Waals surface area contributed by atoms with Gasteiger partial charge in [0.15, 0.2) is 0 Å². The van der Waals surface area contributed by atoms with Crippen LogP contribution in [0.15, 0.2) is 36.4 Å². The van der Waals surface area contributed by atoms with E-state index >= 15 is 0 Å². The van der Waals surface area contributed by atoms with Crippen LogP contribution >= 0.6 is 23.2 Å². The summed E-state index contributed by atoms with van der Waals surface area (Å²) >= 11 is 11.9. The number of methoxy groups -OCH3 is 2. The highest BCUT2D eigenvalue weighted by molar-refractivity contribution is 6.31. The van der Waals surface area contributed by atoms with Crippen molar-refractivity contribution in [1.29, 1.82) is 0 Å². The summed E-state index contributed by atoms with van der Waals surface area (Å²) in [5.74, 6) is 0.558. The fourth-order valence-electron chi connectivity index (χ4n) is 2.91. The van der Waals surface area contributed by atoms with E-state index in [1.165, 1.54) is 14.2 Å². The zero-order chi connectivity index (χ0) is 21.9. The Kier molecular flexibility index (Phi) is 9.77. The van der Waals surface area contributed by atoms with Crippen LogP contribution in [0.5, 0.6) is 11.5 Å². The van der Waals surface area contributed by atoms with Crippen molar-refractivity contribution in [3.8, 4) is 11.5 Å². The van der Waals surface area contributed by atoms with Crippen LogP contribution in [0.3, 0.4) is 0 Å². The van der Waals surface area contributed by atoms with Crippen LogP contribution in [0, 0.1) is 0 Å². The molecule has 162 valence electrons. The predicted octanol–water partition coefficient (Wildman–Crippen LogP) is 4.73. The molecule has 0 aliphatic carbocycles. The lowest BCUT2D eigenvalue weighted by Crippen LogP contribution is -2.25. The Hall–Kier alpha value is -2.44. The van der Waals surface area contributed by atoms with E-state index in [2.05, 4.69) is 10.6 Å². The van der Waals surface area contributed by atoms with Gasteiger partial charge in [-0.05, 0) is 49.2 Å². The van der Waals surface area contributed by atoms with Gasteiger partial charge in [0.05, 0.1) is 25.3 Å². The van der Waals surface area contributed by atoms with Crippen molar-refractivity contribution in [3.05, 3.63) is 57.6 Å². The summed E-state index contributed by atoms with van der Waals surface area (Å²) < 4.78 is 10.4. The highest BCUT2D eigenvalue weighted by Crippen LogP contribution is 2.23. The number of nitrogens with one attached hydrogen (secondary N) is 2. The van der Waals surface area contributed by atoms with Crippen molar-refractivity contribution in [3.63, 3.8) is 0 Å². The van der Waals surface area contributed by atoms with Gasteiger partial charge in [-0.25, -0.2) is 0 Å². The molecule has 8 heteroatoms. The molecule has 2 aromatic rings. The number of carbonyl (C=O) groups excluding carboxylic acids is 2. The first-order chi connectivity index (χ1) is 14.5. The molecule has 2 aromatic carbocycles. The topological polar surface area (TPSA) is 76.7 Å². The van der Waals surface area contributed by atoms with Gasteiger partial charge in [0, 0.05) is 23.1 Å². The van der Waals surface area contributed by atoms with Crippen molar-refractivity contribution in [1.82, 2.24) is 10.6 Å². The molecule has 30 heavy (non-hydrogen) atoms. The summed E-state index contributed by atoms with van der Waals surface area (Å²) in [4.78, 5) is 24.6. The van der Waals surface area contributed by atoms with Gasteiger partial charge in [0.2, 0.25) is 0 Å². The normalized spacial score (nSPS) is 10.4. The quantitative estimate of drug-likeness (QED) is 0.483. The molecule has 2 amide bonds. The summed E-state index contributed by atoms with van der Waals surface area (Å²) in [6, 6.07) is 9.88. The Labute approximate surface area is 186 Å². The third kappa shape index (κ3) is 7.11. The fourth-order valence-corrected chi connectivity index (χ4v) is 3.26. The minimum atomic E-state index is -0.211. The number of halogens is 2. The van der Waals surface area contributed by atoms with Crippen LogP contribution in [0.4, 0.5) is 0 Å². The smallest absolute Gasteiger partial charge is 0.255 e. The van der Waals surface area contributed by atoms with Gasteiger partial charge in [-0.2, -0.15) is 0 Å². The molecular weight excluding hydrogens is 427 g/mol. The second-order valence-corrected chi connectivity index (χ2v) is 7.49. The van der Waals surface area contributed by atoms with E-state index < -0.39 is 0 Å². The molecule has 0 aliphatic rings. The van der Waals surface area contributed by atoms with E-state index in [0.717, 1.165) is 25.7 Å². The van der Waals surface area contributed by atoms with E-state index in [1.807, 2.05) is 0 Å². The molecule has 0 fully saturated rings. The number of rotatable bonds is 11. The SMILES string of the molecule is COc1ccc(Cl)cc1C(=O)NCCCCCCNC(=O)c1cc(Cl)ccc1OC. The van der Waals surface area contributed by atoms with Crippen molar-refractivity contribution in [2.75, 3.05) is 27.3 Å². The predicted molar refractivity (Wildman–Crippen MR) is 119 cm³/mol. The zero-order valence-electron chi connectivity index (χ0n) is 17.1. The number of ether oxygens (including phenoxy) is 2. The van der Waals surface area contributed by atoms with Crippen molar-refractivity contribution >= 4 is 35.0 Å². The Morgan fingerprint density at radius 3 is 1.50 bits per heavy atom. The second kappa shape index (κ2) is 12.3. The third-order valence-electron chi connectivity index (χ3n) is 4.49. The fraction of sp³-hybridized carbons (Fsp3) is 0.364. The van der Waals surface area contributed by atoms with Gasteiger partial charge in [-0.15, -0.1) is 0 Å². The number of carbonyl (C=O) groups is 2. The number of hydrogen-bond acceptors (Lipinski definition) is 4. The molecule has 0 saturated carbocycles. The van der Waals surface area contributed by atoms with Gasteiger partial charge in [0.25, 0.3) is 11.8 Å². The summed E-state index contributed by atoms with van der Waals surface area (Å²) in [6.45, 7) is 1.11. The Morgan fingerprint density at radius 1 is 0.733 bits per heavy atom. The summed E-state index contributed by atoms with van der Waals surface area (Å²) in [6.07, 6.45) is 3.54. The lowest BCUT2D eigenvalue weighted by Gasteiger charge is -2.10. The van der Waals surface area contributed by atoms with Gasteiger partial charge in [0.1, 0.15) is 11.5 Å². The molecule has 0 heterocycles. The van der Waals surface area contributed by atoms with Crippen LogP contribution in [-0.2, 0) is 0 Å². The molecule has 6 nitrogen and oxygen atoms in total. The van der Waals surface area contributed by atoms with Crippen LogP contribution in [0.25, 0.3) is 0 Å². The molecule has 2 rings (SSSR count). The van der Waals surface area contributed by atoms with E-state index in [4.69, 9.17) is 32.7 Å². The van der Waals surface area contributed by atoms with Crippen molar-refractivity contribution in [2.24, 2.45) is 0 Å². The van der Waals surface area contributed by atoms with E-state index in [9.17, 15) is 9.59 Å². The Bertz CT molecular complexity index is 803. The Balaban J connectivity index is 1.64. The van der Waals surface area contributed by atoms with Crippen LogP contribution in [-0.4, -0.2) is 39.1 Å². The molecule has 0 unspecified atom stereocenters. The minimum absolute atomic E-state index is 0.211. The first kappa shape index (κ1) is 23.8. The van der Waals surface area contributed by atoms with Gasteiger partial charge < -0.3 is 20.1 Å². The summed E-state index contributed by atoms with van der Waals surface area (Å²) in [7, 11) is 3.03. The molecule has 0 aliphatic heterocycles. The minimum Gasteiger partial charge on any atom is -0.496 e. The number of benzene rings is 2. The van der Waals surface area contributed by atoms with E-state index in [1.54, 1.807) is 36.4 Å².